The molecular weight excluding hydrogens is 316 g/mol. The lowest BCUT2D eigenvalue weighted by Crippen LogP contribution is -2.30. The number of nitrogens with one attached hydrogen (secondary N) is 1. The first-order valence-electron chi connectivity index (χ1n) is 7.07. The maximum Gasteiger partial charge on any atom is 0.236 e. The van der Waals surface area contributed by atoms with Gasteiger partial charge >= 0.3 is 0 Å². The lowest BCUT2D eigenvalue weighted by molar-refractivity contribution is -0.118. The van der Waals surface area contributed by atoms with Gasteiger partial charge in [-0.15, -0.1) is 0 Å². The maximum absolute atomic E-state index is 12.6. The van der Waals surface area contributed by atoms with Crippen LogP contribution in [0.15, 0.2) is 53.6 Å². The molecule has 1 unspecified atom stereocenters. The number of carbonyl (C=O) groups excluding carboxylic acids is 2. The molecule has 2 heterocycles. The number of Topliss-reactive ketones (excluding diaryl/α,β-unsaturated/α-hetero) is 1. The number of nitrogens with zero attached hydrogens (tertiary/aromatic N) is 1. The summed E-state index contributed by atoms with van der Waals surface area (Å²) in [6, 6.07) is 11.0. The lowest BCUT2D eigenvalue weighted by atomic mass is 9.94. The van der Waals surface area contributed by atoms with E-state index in [-0.39, 0.29) is 22.6 Å². The number of benzene rings is 1. The molecule has 1 N–H and O–H groups in total. The van der Waals surface area contributed by atoms with E-state index in [0.717, 1.165) is 0 Å². The van der Waals surface area contributed by atoms with Crippen molar-refractivity contribution in [2.75, 3.05) is 11.1 Å². The van der Waals surface area contributed by atoms with Crippen LogP contribution in [0.1, 0.15) is 16.8 Å². The van der Waals surface area contributed by atoms with E-state index in [0.29, 0.717) is 5.82 Å². The van der Waals surface area contributed by atoms with Crippen molar-refractivity contribution in [2.24, 2.45) is 5.92 Å². The first-order valence-corrected chi connectivity index (χ1v) is 8.72. The number of amides is 1. The number of pyridine rings is 1. The van der Waals surface area contributed by atoms with Gasteiger partial charge in [0.2, 0.25) is 5.91 Å². The van der Waals surface area contributed by atoms with E-state index < -0.39 is 27.4 Å². The summed E-state index contributed by atoms with van der Waals surface area (Å²) in [5.41, 5.74) is 0.0752. The fourth-order valence-corrected chi connectivity index (χ4v) is 4.10. The van der Waals surface area contributed by atoms with Crippen LogP contribution in [0.4, 0.5) is 5.82 Å². The van der Waals surface area contributed by atoms with Crippen LogP contribution < -0.4 is 5.32 Å². The van der Waals surface area contributed by atoms with Crippen LogP contribution in [0.3, 0.4) is 0 Å². The highest BCUT2D eigenvalue weighted by atomic mass is 32.2. The molecule has 6 nitrogen and oxygen atoms in total. The quantitative estimate of drug-likeness (QED) is 0.846. The van der Waals surface area contributed by atoms with Gasteiger partial charge in [0.15, 0.2) is 15.6 Å². The van der Waals surface area contributed by atoms with E-state index in [1.54, 1.807) is 30.3 Å². The third-order valence-electron chi connectivity index (χ3n) is 3.71. The van der Waals surface area contributed by atoms with Gasteiger partial charge in [-0.05, 0) is 24.6 Å². The number of ketones is 1. The zero-order valence-corrected chi connectivity index (χ0v) is 12.9. The number of hydrogen-bond acceptors (Lipinski definition) is 5. The van der Waals surface area contributed by atoms with Crippen molar-refractivity contribution in [3.05, 3.63) is 54.2 Å². The van der Waals surface area contributed by atoms with Crippen LogP contribution in [0.5, 0.6) is 0 Å². The molecule has 1 aliphatic rings. The number of sulfone groups is 1. The molecule has 0 saturated heterocycles. The van der Waals surface area contributed by atoms with Gasteiger partial charge in [-0.25, -0.2) is 13.4 Å². The second-order valence-electron chi connectivity index (χ2n) is 5.22. The Hall–Kier alpha value is -2.54. The highest BCUT2D eigenvalue weighted by molar-refractivity contribution is 7.91. The van der Waals surface area contributed by atoms with Crippen LogP contribution in [-0.2, 0) is 14.6 Å². The molecule has 3 rings (SSSR count). The van der Waals surface area contributed by atoms with E-state index in [1.807, 2.05) is 0 Å². The molecule has 0 aliphatic carbocycles. The minimum atomic E-state index is -3.57. The highest BCUT2D eigenvalue weighted by Crippen LogP contribution is 2.27. The van der Waals surface area contributed by atoms with Gasteiger partial charge in [0.25, 0.3) is 0 Å². The van der Waals surface area contributed by atoms with Crippen LogP contribution in [0, 0.1) is 5.92 Å². The molecule has 1 aromatic heterocycles. The summed E-state index contributed by atoms with van der Waals surface area (Å²) in [6.07, 6.45) is 1.47. The van der Waals surface area contributed by atoms with Gasteiger partial charge in [0, 0.05) is 11.8 Å². The average Bonchev–Trinajstić information content (AvgIpc) is 2.64. The van der Waals surface area contributed by atoms with Crippen LogP contribution >= 0.6 is 0 Å². The van der Waals surface area contributed by atoms with Crippen molar-refractivity contribution in [3.8, 4) is 0 Å². The monoisotopic (exact) mass is 330 g/mol. The van der Waals surface area contributed by atoms with Crippen molar-refractivity contribution in [1.29, 1.82) is 0 Å². The molecule has 0 radical (unpaired) electrons. The largest absolute Gasteiger partial charge is 0.310 e. The second kappa shape index (κ2) is 5.92. The van der Waals surface area contributed by atoms with E-state index in [1.165, 1.54) is 18.3 Å². The smallest absolute Gasteiger partial charge is 0.236 e. The zero-order valence-electron chi connectivity index (χ0n) is 12.1. The summed E-state index contributed by atoms with van der Waals surface area (Å²) in [7, 11) is -3.57. The zero-order chi connectivity index (χ0) is 16.4. The molecule has 0 spiro atoms. The molecule has 118 valence electrons. The van der Waals surface area contributed by atoms with Gasteiger partial charge in [0.1, 0.15) is 11.7 Å². The topological polar surface area (TPSA) is 93.2 Å². The van der Waals surface area contributed by atoms with Crippen molar-refractivity contribution in [1.82, 2.24) is 4.98 Å². The molecular formula is C16H14N2O4S. The van der Waals surface area contributed by atoms with Gasteiger partial charge in [-0.2, -0.15) is 0 Å². The highest BCUT2D eigenvalue weighted by Gasteiger charge is 2.36. The van der Waals surface area contributed by atoms with Gasteiger partial charge in [-0.1, -0.05) is 24.3 Å². The van der Waals surface area contributed by atoms with Gasteiger partial charge < -0.3 is 5.32 Å². The molecule has 0 bridgehead atoms. The molecule has 23 heavy (non-hydrogen) atoms. The summed E-state index contributed by atoms with van der Waals surface area (Å²) in [6.45, 7) is 0. The Morgan fingerprint density at radius 2 is 1.87 bits per heavy atom. The molecule has 1 atom stereocenters. The summed E-state index contributed by atoms with van der Waals surface area (Å²) >= 11 is 0. The third kappa shape index (κ3) is 3.00. The molecule has 2 aromatic rings. The van der Waals surface area contributed by atoms with Crippen molar-refractivity contribution in [2.45, 2.75) is 11.3 Å². The number of anilines is 1. The van der Waals surface area contributed by atoms with Crippen molar-refractivity contribution in [3.63, 3.8) is 0 Å². The number of carbonyl (C=O) groups is 2. The Kier molecular flexibility index (Phi) is 3.96. The third-order valence-corrected chi connectivity index (χ3v) is 5.51. The standard InChI is InChI=1S/C16H14N2O4S/c19-15-11-5-1-2-6-13(11)23(21,22)10-8-12(15)16(20)18-14-7-3-4-9-17-14/h1-7,9,12H,8,10H2,(H,17,18,20). The summed E-state index contributed by atoms with van der Waals surface area (Å²) < 4.78 is 24.5. The number of rotatable bonds is 2. The first-order chi connectivity index (χ1) is 11.0. The first kappa shape index (κ1) is 15.4. The second-order valence-corrected chi connectivity index (χ2v) is 7.30. The lowest BCUT2D eigenvalue weighted by Gasteiger charge is -2.12. The van der Waals surface area contributed by atoms with Crippen LogP contribution in [0.25, 0.3) is 0 Å². The fraction of sp³-hybridized carbons (Fsp3) is 0.188. The van der Waals surface area contributed by atoms with E-state index in [2.05, 4.69) is 10.3 Å². The Labute approximate surface area is 133 Å². The Bertz CT molecular complexity index is 863. The van der Waals surface area contributed by atoms with Crippen LogP contribution in [0.2, 0.25) is 0 Å². The SMILES string of the molecule is O=C(Nc1ccccn1)C1CCS(=O)(=O)c2ccccc2C1=O. The van der Waals surface area contributed by atoms with E-state index in [4.69, 9.17) is 0 Å². The Balaban J connectivity index is 1.93. The summed E-state index contributed by atoms with van der Waals surface area (Å²) in [5, 5.41) is 2.56. The average molecular weight is 330 g/mol. The van der Waals surface area contributed by atoms with Crippen LogP contribution in [-0.4, -0.2) is 30.8 Å². The number of aromatic nitrogens is 1. The summed E-state index contributed by atoms with van der Waals surface area (Å²) in [5.74, 6) is -1.98. The normalized spacial score (nSPS) is 19.5. The minimum Gasteiger partial charge on any atom is -0.310 e. The van der Waals surface area contributed by atoms with E-state index >= 15 is 0 Å². The molecule has 1 amide bonds. The predicted octanol–water partition coefficient (Wildman–Crippen LogP) is 1.70. The molecule has 1 aliphatic heterocycles. The molecule has 0 saturated carbocycles. The molecule has 1 aromatic carbocycles. The molecule has 0 fully saturated rings. The van der Waals surface area contributed by atoms with Crippen molar-refractivity contribution >= 4 is 27.3 Å². The van der Waals surface area contributed by atoms with Gasteiger partial charge in [-0.3, -0.25) is 9.59 Å². The van der Waals surface area contributed by atoms with Crippen molar-refractivity contribution < 1.29 is 18.0 Å². The Morgan fingerprint density at radius 3 is 2.61 bits per heavy atom. The van der Waals surface area contributed by atoms with Gasteiger partial charge in [0.05, 0.1) is 10.6 Å². The Morgan fingerprint density at radius 1 is 1.13 bits per heavy atom. The fourth-order valence-electron chi connectivity index (χ4n) is 2.54. The minimum absolute atomic E-state index is 0.00173. The van der Waals surface area contributed by atoms with E-state index in [9.17, 15) is 18.0 Å². The number of fused-ring (bicyclic) bond motifs is 1. The predicted molar refractivity (Wildman–Crippen MR) is 83.8 cm³/mol. The maximum atomic E-state index is 12.6. The summed E-state index contributed by atoms with van der Waals surface area (Å²) in [4.78, 5) is 29.0. The number of hydrogen-bond donors (Lipinski definition) is 1. The molecule has 7 heteroatoms.